The van der Waals surface area contributed by atoms with Crippen LogP contribution in [0.2, 0.25) is 0 Å². The third-order valence-corrected chi connectivity index (χ3v) is 4.82. The number of rotatable bonds is 6. The van der Waals surface area contributed by atoms with E-state index in [1.165, 1.54) is 10.5 Å². The molecule has 1 N–H and O–H groups in total. The summed E-state index contributed by atoms with van der Waals surface area (Å²) >= 11 is 0. The molecule has 1 saturated carbocycles. The molecule has 2 rings (SSSR count). The summed E-state index contributed by atoms with van der Waals surface area (Å²) < 4.78 is 5.09. The molecular weight excluding hydrogens is 316 g/mol. The minimum absolute atomic E-state index is 0.0254. The zero-order valence-electron chi connectivity index (χ0n) is 15.9. The topological polar surface area (TPSA) is 58.6 Å². The van der Waals surface area contributed by atoms with E-state index in [4.69, 9.17) is 4.74 Å². The molecule has 1 aliphatic rings. The first-order valence-corrected chi connectivity index (χ1v) is 8.50. The Kier molecular flexibility index (Phi) is 5.55. The maximum atomic E-state index is 12.7. The average molecular weight is 344 g/mol. The van der Waals surface area contributed by atoms with Gasteiger partial charge in [-0.1, -0.05) is 25.5 Å². The van der Waals surface area contributed by atoms with Gasteiger partial charge in [-0.05, 0) is 49.4 Å². The standard InChI is InChI=1S/C20H28N2O3/c1-13(2)11-16-18(20(16,3)4)19(24)22(5)12-17(23)21-14-7-9-15(25-6)10-8-14/h7-11,16,18H,12H2,1-6H3,(H,21,23)/t16-,18-/m1/s1. The molecule has 2 atom stereocenters. The highest BCUT2D eigenvalue weighted by Gasteiger charge is 2.60. The molecule has 0 unspecified atom stereocenters. The van der Waals surface area contributed by atoms with Crippen molar-refractivity contribution >= 4 is 17.5 Å². The molecular formula is C20H28N2O3. The molecule has 1 fully saturated rings. The second-order valence-electron chi connectivity index (χ2n) is 7.54. The van der Waals surface area contributed by atoms with Crippen molar-refractivity contribution in [1.29, 1.82) is 0 Å². The molecule has 25 heavy (non-hydrogen) atoms. The molecule has 1 aromatic rings. The number of allylic oxidation sites excluding steroid dienone is 2. The zero-order valence-corrected chi connectivity index (χ0v) is 15.9. The van der Waals surface area contributed by atoms with Crippen molar-refractivity contribution in [2.45, 2.75) is 27.7 Å². The van der Waals surface area contributed by atoms with Crippen molar-refractivity contribution in [3.05, 3.63) is 35.9 Å². The van der Waals surface area contributed by atoms with Crippen LogP contribution in [-0.2, 0) is 9.59 Å². The molecule has 1 aliphatic carbocycles. The highest BCUT2D eigenvalue weighted by molar-refractivity contribution is 5.95. The number of benzene rings is 1. The van der Waals surface area contributed by atoms with Crippen molar-refractivity contribution < 1.29 is 14.3 Å². The Morgan fingerprint density at radius 2 is 1.84 bits per heavy atom. The van der Waals surface area contributed by atoms with Gasteiger partial charge in [-0.2, -0.15) is 0 Å². The third-order valence-electron chi connectivity index (χ3n) is 4.82. The molecule has 136 valence electrons. The van der Waals surface area contributed by atoms with E-state index in [2.05, 4.69) is 25.2 Å². The fourth-order valence-electron chi connectivity index (χ4n) is 3.23. The Balaban J connectivity index is 1.92. The second-order valence-corrected chi connectivity index (χ2v) is 7.54. The second kappa shape index (κ2) is 7.30. The van der Waals surface area contributed by atoms with Crippen molar-refractivity contribution in [3.63, 3.8) is 0 Å². The molecule has 1 aromatic carbocycles. The van der Waals surface area contributed by atoms with Crippen LogP contribution in [0.4, 0.5) is 5.69 Å². The van der Waals surface area contributed by atoms with Gasteiger partial charge < -0.3 is 15.0 Å². The summed E-state index contributed by atoms with van der Waals surface area (Å²) in [6, 6.07) is 7.10. The van der Waals surface area contributed by atoms with E-state index in [1.54, 1.807) is 38.4 Å². The van der Waals surface area contributed by atoms with Gasteiger partial charge in [0.05, 0.1) is 19.6 Å². The molecule has 0 aliphatic heterocycles. The minimum Gasteiger partial charge on any atom is -0.497 e. The van der Waals surface area contributed by atoms with Crippen LogP contribution in [0.3, 0.4) is 0 Å². The largest absolute Gasteiger partial charge is 0.497 e. The number of ether oxygens (including phenoxy) is 1. The zero-order chi connectivity index (χ0) is 18.8. The van der Waals surface area contributed by atoms with E-state index in [1.807, 2.05) is 13.8 Å². The average Bonchev–Trinajstić information content (AvgIpc) is 3.06. The maximum Gasteiger partial charge on any atom is 0.243 e. The van der Waals surface area contributed by atoms with E-state index < -0.39 is 0 Å². The Morgan fingerprint density at radius 3 is 2.36 bits per heavy atom. The number of carbonyl (C=O) groups excluding carboxylic acids is 2. The third kappa shape index (κ3) is 4.41. The van der Waals surface area contributed by atoms with Gasteiger partial charge in [0, 0.05) is 12.7 Å². The number of methoxy groups -OCH3 is 1. The van der Waals surface area contributed by atoms with Gasteiger partial charge in [-0.3, -0.25) is 9.59 Å². The lowest BCUT2D eigenvalue weighted by molar-refractivity contribution is -0.135. The van der Waals surface area contributed by atoms with Gasteiger partial charge in [-0.15, -0.1) is 0 Å². The molecule has 0 heterocycles. The summed E-state index contributed by atoms with van der Waals surface area (Å²) in [5.74, 6) is 0.737. The van der Waals surface area contributed by atoms with Gasteiger partial charge in [-0.25, -0.2) is 0 Å². The molecule has 5 heteroatoms. The number of nitrogens with one attached hydrogen (secondary N) is 1. The number of amides is 2. The summed E-state index contributed by atoms with van der Waals surface area (Å²) in [5, 5.41) is 2.80. The van der Waals surface area contributed by atoms with Gasteiger partial charge >= 0.3 is 0 Å². The first kappa shape index (κ1) is 19.0. The molecule has 0 saturated heterocycles. The van der Waals surface area contributed by atoms with Gasteiger partial charge in [0.2, 0.25) is 11.8 Å². The lowest BCUT2D eigenvalue weighted by Gasteiger charge is -2.17. The van der Waals surface area contributed by atoms with E-state index in [9.17, 15) is 9.59 Å². The highest BCUT2D eigenvalue weighted by atomic mass is 16.5. The number of likely N-dealkylation sites (N-methyl/N-ethyl adjacent to an activating group) is 1. The first-order chi connectivity index (χ1) is 11.7. The van der Waals surface area contributed by atoms with Crippen LogP contribution in [0.25, 0.3) is 0 Å². The summed E-state index contributed by atoms with van der Waals surface area (Å²) in [7, 11) is 3.28. The Labute approximate surface area is 150 Å². The summed E-state index contributed by atoms with van der Waals surface area (Å²) in [5.41, 5.74) is 1.85. The Bertz CT molecular complexity index is 673. The fraction of sp³-hybridized carbons (Fsp3) is 0.500. The maximum absolute atomic E-state index is 12.7. The predicted octanol–water partition coefficient (Wildman–Crippen LogP) is 3.33. The Hall–Kier alpha value is -2.30. The van der Waals surface area contributed by atoms with Crippen molar-refractivity contribution in [1.82, 2.24) is 4.90 Å². The van der Waals surface area contributed by atoms with Gasteiger partial charge in [0.1, 0.15) is 5.75 Å². The summed E-state index contributed by atoms with van der Waals surface area (Å²) in [4.78, 5) is 26.4. The monoisotopic (exact) mass is 344 g/mol. The van der Waals surface area contributed by atoms with Crippen LogP contribution in [0.5, 0.6) is 5.75 Å². The molecule has 0 aromatic heterocycles. The number of anilines is 1. The highest BCUT2D eigenvalue weighted by Crippen LogP contribution is 2.59. The molecule has 0 radical (unpaired) electrons. The predicted molar refractivity (Wildman–Crippen MR) is 99.5 cm³/mol. The fourth-order valence-corrected chi connectivity index (χ4v) is 3.23. The van der Waals surface area contributed by atoms with E-state index in [0.717, 1.165) is 5.75 Å². The number of hydrogen-bond donors (Lipinski definition) is 1. The lowest BCUT2D eigenvalue weighted by atomic mass is 10.1. The molecule has 0 bridgehead atoms. The van der Waals surface area contributed by atoms with Crippen LogP contribution in [0.15, 0.2) is 35.9 Å². The number of carbonyl (C=O) groups is 2. The normalized spacial score (nSPS) is 20.4. The first-order valence-electron chi connectivity index (χ1n) is 8.50. The van der Waals surface area contributed by atoms with Crippen LogP contribution in [0.1, 0.15) is 27.7 Å². The number of hydrogen-bond acceptors (Lipinski definition) is 3. The van der Waals surface area contributed by atoms with Gasteiger partial charge in [0.15, 0.2) is 0 Å². The quantitative estimate of drug-likeness (QED) is 0.805. The van der Waals surface area contributed by atoms with Crippen LogP contribution in [0, 0.1) is 17.3 Å². The van der Waals surface area contributed by atoms with Crippen molar-refractivity contribution in [2.24, 2.45) is 17.3 Å². The van der Waals surface area contributed by atoms with Crippen LogP contribution >= 0.6 is 0 Å². The van der Waals surface area contributed by atoms with Crippen molar-refractivity contribution in [3.8, 4) is 5.75 Å². The van der Waals surface area contributed by atoms with Gasteiger partial charge in [0.25, 0.3) is 0 Å². The molecule has 5 nitrogen and oxygen atoms in total. The van der Waals surface area contributed by atoms with E-state index in [0.29, 0.717) is 5.69 Å². The lowest BCUT2D eigenvalue weighted by Crippen LogP contribution is -2.36. The Morgan fingerprint density at radius 1 is 1.24 bits per heavy atom. The number of nitrogens with zero attached hydrogens (tertiary/aromatic N) is 1. The van der Waals surface area contributed by atoms with Crippen LogP contribution in [-0.4, -0.2) is 37.4 Å². The van der Waals surface area contributed by atoms with E-state index in [-0.39, 0.29) is 35.6 Å². The summed E-state index contributed by atoms with van der Waals surface area (Å²) in [6.45, 7) is 8.33. The van der Waals surface area contributed by atoms with E-state index >= 15 is 0 Å². The molecule has 0 spiro atoms. The smallest absolute Gasteiger partial charge is 0.243 e. The molecule has 2 amide bonds. The SMILES string of the molecule is COc1ccc(NC(=O)CN(C)C(=O)[C@H]2[C@@H](C=C(C)C)C2(C)C)cc1. The summed E-state index contributed by atoms with van der Waals surface area (Å²) in [6.07, 6.45) is 2.16. The van der Waals surface area contributed by atoms with Crippen LogP contribution < -0.4 is 10.1 Å². The van der Waals surface area contributed by atoms with Crippen molar-refractivity contribution in [2.75, 3.05) is 26.0 Å². The minimum atomic E-state index is -0.210.